The Morgan fingerprint density at radius 2 is 2.00 bits per heavy atom. The molecule has 0 saturated heterocycles. The van der Waals surface area contributed by atoms with Crippen molar-refractivity contribution in [2.24, 2.45) is 0 Å². The predicted octanol–water partition coefficient (Wildman–Crippen LogP) is 2.71. The number of aliphatic hydroxyl groups excluding tert-OH is 1. The number of aryl methyl sites for hydroxylation is 1. The minimum Gasteiger partial charge on any atom is -0.394 e. The van der Waals surface area contributed by atoms with Gasteiger partial charge in [-0.25, -0.2) is 0 Å². The van der Waals surface area contributed by atoms with E-state index in [9.17, 15) is 5.11 Å². The Bertz CT molecular complexity index is 328. The summed E-state index contributed by atoms with van der Waals surface area (Å²) in [6.45, 7) is 3.37. The molecule has 0 atom stereocenters. The average Bonchev–Trinajstić information content (AvgIpc) is 2.96. The zero-order valence-electron chi connectivity index (χ0n) is 9.96. The summed E-state index contributed by atoms with van der Waals surface area (Å²) in [5.41, 5.74) is 0.0103. The minimum absolute atomic E-state index is 0.0103. The number of rotatable bonds is 5. The van der Waals surface area contributed by atoms with Gasteiger partial charge in [0.15, 0.2) is 0 Å². The Morgan fingerprint density at radius 1 is 1.31 bits per heavy atom. The molecule has 2 nitrogen and oxygen atoms in total. The highest BCUT2D eigenvalue weighted by atomic mass is 32.1. The smallest absolute Gasteiger partial charge is 0.0613 e. The van der Waals surface area contributed by atoms with Gasteiger partial charge in [0.1, 0.15) is 0 Å². The third kappa shape index (κ3) is 2.65. The molecule has 90 valence electrons. The van der Waals surface area contributed by atoms with E-state index in [4.69, 9.17) is 0 Å². The van der Waals surface area contributed by atoms with Crippen molar-refractivity contribution in [1.82, 2.24) is 5.32 Å². The molecular formula is C13H21NOS. The van der Waals surface area contributed by atoms with E-state index in [1.165, 1.54) is 22.6 Å². The zero-order valence-corrected chi connectivity index (χ0v) is 10.8. The molecule has 0 amide bonds. The summed E-state index contributed by atoms with van der Waals surface area (Å²) in [4.78, 5) is 2.83. The lowest BCUT2D eigenvalue weighted by Gasteiger charge is -2.27. The standard InChI is InChI=1S/C13H21NOS/c1-2-11-5-6-12(16-11)9-14-13(10-15)7-3-4-8-13/h5-6,14-15H,2-4,7-10H2,1H3. The van der Waals surface area contributed by atoms with Crippen molar-refractivity contribution in [3.05, 3.63) is 21.9 Å². The lowest BCUT2D eigenvalue weighted by molar-refractivity contribution is 0.163. The van der Waals surface area contributed by atoms with Crippen LogP contribution in [0, 0.1) is 0 Å². The average molecular weight is 239 g/mol. The van der Waals surface area contributed by atoms with Gasteiger partial charge in [-0.1, -0.05) is 19.8 Å². The summed E-state index contributed by atoms with van der Waals surface area (Å²) in [7, 11) is 0. The molecule has 3 heteroatoms. The van der Waals surface area contributed by atoms with Crippen molar-refractivity contribution >= 4 is 11.3 Å². The van der Waals surface area contributed by atoms with Gasteiger partial charge in [0.2, 0.25) is 0 Å². The molecular weight excluding hydrogens is 218 g/mol. The lowest BCUT2D eigenvalue weighted by atomic mass is 9.99. The van der Waals surface area contributed by atoms with E-state index in [-0.39, 0.29) is 12.1 Å². The maximum Gasteiger partial charge on any atom is 0.0613 e. The highest BCUT2D eigenvalue weighted by Gasteiger charge is 2.32. The van der Waals surface area contributed by atoms with Crippen LogP contribution in [-0.2, 0) is 13.0 Å². The molecule has 0 unspecified atom stereocenters. The van der Waals surface area contributed by atoms with Gasteiger partial charge in [-0.3, -0.25) is 0 Å². The summed E-state index contributed by atoms with van der Waals surface area (Å²) in [6.07, 6.45) is 5.86. The molecule has 0 bridgehead atoms. The fourth-order valence-electron chi connectivity index (χ4n) is 2.42. The number of nitrogens with one attached hydrogen (secondary N) is 1. The van der Waals surface area contributed by atoms with E-state index >= 15 is 0 Å². The number of aliphatic hydroxyl groups is 1. The molecule has 1 aliphatic carbocycles. The summed E-state index contributed by atoms with van der Waals surface area (Å²) >= 11 is 1.88. The van der Waals surface area contributed by atoms with Crippen LogP contribution in [0.4, 0.5) is 0 Å². The molecule has 1 saturated carbocycles. The van der Waals surface area contributed by atoms with Crippen LogP contribution in [-0.4, -0.2) is 17.3 Å². The monoisotopic (exact) mass is 239 g/mol. The molecule has 1 heterocycles. The van der Waals surface area contributed by atoms with Crippen molar-refractivity contribution < 1.29 is 5.11 Å². The molecule has 2 N–H and O–H groups in total. The van der Waals surface area contributed by atoms with Gasteiger partial charge in [0, 0.05) is 21.8 Å². The Kier molecular flexibility index (Phi) is 4.00. The first-order valence-electron chi connectivity index (χ1n) is 6.21. The molecule has 1 aromatic rings. The zero-order chi connectivity index (χ0) is 11.4. The quantitative estimate of drug-likeness (QED) is 0.828. The molecule has 0 aromatic carbocycles. The second kappa shape index (κ2) is 5.30. The molecule has 16 heavy (non-hydrogen) atoms. The molecule has 1 fully saturated rings. The Morgan fingerprint density at radius 3 is 2.56 bits per heavy atom. The lowest BCUT2D eigenvalue weighted by Crippen LogP contribution is -2.45. The fourth-order valence-corrected chi connectivity index (χ4v) is 3.32. The molecule has 0 aliphatic heterocycles. The van der Waals surface area contributed by atoms with Crippen LogP contribution >= 0.6 is 11.3 Å². The minimum atomic E-state index is 0.0103. The maximum absolute atomic E-state index is 9.49. The van der Waals surface area contributed by atoms with Gasteiger partial charge in [-0.2, -0.15) is 0 Å². The van der Waals surface area contributed by atoms with Crippen LogP contribution in [0.3, 0.4) is 0 Å². The third-order valence-electron chi connectivity index (χ3n) is 3.57. The van der Waals surface area contributed by atoms with Gasteiger partial charge >= 0.3 is 0 Å². The normalized spacial score (nSPS) is 19.1. The molecule has 2 rings (SSSR count). The Labute approximate surface area is 102 Å². The number of thiophene rings is 1. The van der Waals surface area contributed by atoms with Gasteiger partial charge < -0.3 is 10.4 Å². The second-order valence-corrected chi connectivity index (χ2v) is 5.97. The van der Waals surface area contributed by atoms with E-state index in [0.29, 0.717) is 0 Å². The van der Waals surface area contributed by atoms with Crippen molar-refractivity contribution in [1.29, 1.82) is 0 Å². The van der Waals surface area contributed by atoms with Crippen LogP contribution in [0.5, 0.6) is 0 Å². The Balaban J connectivity index is 1.90. The van der Waals surface area contributed by atoms with Crippen LogP contribution < -0.4 is 5.32 Å². The maximum atomic E-state index is 9.49. The summed E-state index contributed by atoms with van der Waals surface area (Å²) in [5.74, 6) is 0. The first-order valence-corrected chi connectivity index (χ1v) is 7.03. The number of hydrogen-bond acceptors (Lipinski definition) is 3. The van der Waals surface area contributed by atoms with E-state index in [0.717, 1.165) is 25.8 Å². The molecule has 0 spiro atoms. The van der Waals surface area contributed by atoms with Crippen molar-refractivity contribution in [3.63, 3.8) is 0 Å². The summed E-state index contributed by atoms with van der Waals surface area (Å²) < 4.78 is 0. The van der Waals surface area contributed by atoms with Gasteiger partial charge in [-0.05, 0) is 31.4 Å². The van der Waals surface area contributed by atoms with Crippen molar-refractivity contribution in [2.75, 3.05) is 6.61 Å². The van der Waals surface area contributed by atoms with Gasteiger partial charge in [0.25, 0.3) is 0 Å². The van der Waals surface area contributed by atoms with Crippen LogP contribution in [0.2, 0.25) is 0 Å². The fraction of sp³-hybridized carbons (Fsp3) is 0.692. The van der Waals surface area contributed by atoms with E-state index < -0.39 is 0 Å². The van der Waals surface area contributed by atoms with E-state index in [1.54, 1.807) is 0 Å². The van der Waals surface area contributed by atoms with Gasteiger partial charge in [0.05, 0.1) is 6.61 Å². The molecule has 1 aromatic heterocycles. The Hall–Kier alpha value is -0.380. The molecule has 0 radical (unpaired) electrons. The third-order valence-corrected chi connectivity index (χ3v) is 4.80. The summed E-state index contributed by atoms with van der Waals surface area (Å²) in [6, 6.07) is 4.42. The van der Waals surface area contributed by atoms with Crippen molar-refractivity contribution in [2.45, 2.75) is 51.1 Å². The highest BCUT2D eigenvalue weighted by Crippen LogP contribution is 2.30. The van der Waals surface area contributed by atoms with E-state index in [1.807, 2.05) is 11.3 Å². The highest BCUT2D eigenvalue weighted by molar-refractivity contribution is 7.11. The molecule has 1 aliphatic rings. The second-order valence-electron chi connectivity index (χ2n) is 4.72. The predicted molar refractivity (Wildman–Crippen MR) is 68.8 cm³/mol. The SMILES string of the molecule is CCc1ccc(CNC2(CO)CCCC2)s1. The first kappa shape index (κ1) is 12.1. The van der Waals surface area contributed by atoms with Crippen molar-refractivity contribution in [3.8, 4) is 0 Å². The largest absolute Gasteiger partial charge is 0.394 e. The summed E-state index contributed by atoms with van der Waals surface area (Å²) in [5, 5.41) is 13.0. The number of hydrogen-bond donors (Lipinski definition) is 2. The van der Waals surface area contributed by atoms with Crippen LogP contribution in [0.15, 0.2) is 12.1 Å². The topological polar surface area (TPSA) is 32.3 Å². The first-order chi connectivity index (χ1) is 7.78. The van der Waals surface area contributed by atoms with Crippen LogP contribution in [0.25, 0.3) is 0 Å². The van der Waals surface area contributed by atoms with Gasteiger partial charge in [-0.15, -0.1) is 11.3 Å². The van der Waals surface area contributed by atoms with E-state index in [2.05, 4.69) is 24.4 Å². The van der Waals surface area contributed by atoms with Crippen LogP contribution in [0.1, 0.15) is 42.4 Å².